The van der Waals surface area contributed by atoms with E-state index in [9.17, 15) is 9.90 Å². The first-order chi connectivity index (χ1) is 9.10. The van der Waals surface area contributed by atoms with Gasteiger partial charge in [-0.2, -0.15) is 10.4 Å². The Labute approximate surface area is 111 Å². The van der Waals surface area contributed by atoms with Crippen molar-refractivity contribution >= 4 is 23.6 Å². The standard InChI is InChI=1S/C11H7N5O2S/c12-5-6-1-3-7(4-2-6)15-16-8-9(17)13-11(19)14-10(8)18/h1-4H,(H3,13,14,17,18,19). The number of nitrogens with one attached hydrogen (secondary N) is 2. The molecule has 0 aliphatic rings. The Morgan fingerprint density at radius 3 is 2.47 bits per heavy atom. The van der Waals surface area contributed by atoms with Gasteiger partial charge in [-0.05, 0) is 36.5 Å². The van der Waals surface area contributed by atoms with Crippen LogP contribution in [0.25, 0.3) is 0 Å². The Balaban J connectivity index is 2.35. The van der Waals surface area contributed by atoms with E-state index in [1.807, 2.05) is 6.07 Å². The minimum Gasteiger partial charge on any atom is -0.493 e. The van der Waals surface area contributed by atoms with Gasteiger partial charge >= 0.3 is 0 Å². The second kappa shape index (κ2) is 5.24. The quantitative estimate of drug-likeness (QED) is 0.575. The molecule has 0 aliphatic heterocycles. The molecule has 0 saturated heterocycles. The van der Waals surface area contributed by atoms with Gasteiger partial charge in [0.05, 0.1) is 17.3 Å². The summed E-state index contributed by atoms with van der Waals surface area (Å²) in [7, 11) is 0. The summed E-state index contributed by atoms with van der Waals surface area (Å²) in [5, 5.41) is 25.6. The van der Waals surface area contributed by atoms with Gasteiger partial charge in [0.1, 0.15) is 0 Å². The number of aromatic amines is 2. The number of azo groups is 1. The van der Waals surface area contributed by atoms with Crippen LogP contribution in [0.2, 0.25) is 0 Å². The molecule has 3 N–H and O–H groups in total. The molecule has 2 rings (SSSR count). The van der Waals surface area contributed by atoms with E-state index in [4.69, 9.17) is 5.26 Å². The fourth-order valence-corrected chi connectivity index (χ4v) is 1.46. The zero-order valence-electron chi connectivity index (χ0n) is 9.41. The Morgan fingerprint density at radius 1 is 1.21 bits per heavy atom. The van der Waals surface area contributed by atoms with Gasteiger partial charge in [-0.15, -0.1) is 5.11 Å². The monoisotopic (exact) mass is 273 g/mol. The fraction of sp³-hybridized carbons (Fsp3) is 0. The van der Waals surface area contributed by atoms with Gasteiger partial charge in [-0.25, -0.2) is 0 Å². The van der Waals surface area contributed by atoms with Gasteiger partial charge in [-0.3, -0.25) is 9.78 Å². The highest BCUT2D eigenvalue weighted by Crippen LogP contribution is 2.21. The molecule has 1 aromatic carbocycles. The zero-order chi connectivity index (χ0) is 13.8. The van der Waals surface area contributed by atoms with E-state index in [2.05, 4.69) is 32.4 Å². The van der Waals surface area contributed by atoms with Gasteiger partial charge in [0, 0.05) is 0 Å². The summed E-state index contributed by atoms with van der Waals surface area (Å²) in [6, 6.07) is 8.24. The summed E-state index contributed by atoms with van der Waals surface area (Å²) in [6.45, 7) is 0. The molecule has 0 saturated carbocycles. The Hall–Kier alpha value is -2.79. The second-order valence-corrected chi connectivity index (χ2v) is 3.87. The SMILES string of the molecule is N#Cc1ccc(N=Nc2c(O)[nH]c(=S)[nH]c2=O)cc1. The molecule has 0 aliphatic carbocycles. The van der Waals surface area contributed by atoms with Gasteiger partial charge in [0.15, 0.2) is 4.77 Å². The van der Waals surface area contributed by atoms with Crippen molar-refractivity contribution < 1.29 is 5.11 Å². The molecule has 0 fully saturated rings. The van der Waals surface area contributed by atoms with Crippen molar-refractivity contribution in [3.8, 4) is 11.9 Å². The molecule has 0 radical (unpaired) electrons. The lowest BCUT2D eigenvalue weighted by Gasteiger charge is -1.96. The molecular weight excluding hydrogens is 266 g/mol. The lowest BCUT2D eigenvalue weighted by atomic mass is 10.2. The minimum absolute atomic E-state index is 0.000164. The van der Waals surface area contributed by atoms with E-state index in [1.54, 1.807) is 24.3 Å². The molecule has 2 aromatic rings. The van der Waals surface area contributed by atoms with Gasteiger partial charge in [0.2, 0.25) is 11.6 Å². The third kappa shape index (κ3) is 2.91. The second-order valence-electron chi connectivity index (χ2n) is 3.46. The maximum absolute atomic E-state index is 11.5. The van der Waals surface area contributed by atoms with Crippen LogP contribution in [0.1, 0.15) is 5.56 Å². The minimum atomic E-state index is -0.640. The molecule has 0 bridgehead atoms. The van der Waals surface area contributed by atoms with Crippen molar-refractivity contribution in [2.75, 3.05) is 0 Å². The van der Waals surface area contributed by atoms with E-state index in [1.165, 1.54) is 0 Å². The molecule has 0 amide bonds. The van der Waals surface area contributed by atoms with Crippen LogP contribution in [-0.2, 0) is 0 Å². The molecule has 0 spiro atoms. The lowest BCUT2D eigenvalue weighted by molar-refractivity contribution is 0.451. The maximum atomic E-state index is 11.5. The van der Waals surface area contributed by atoms with Crippen LogP contribution < -0.4 is 5.56 Å². The van der Waals surface area contributed by atoms with Crippen LogP contribution in [0.4, 0.5) is 11.4 Å². The van der Waals surface area contributed by atoms with Crippen molar-refractivity contribution in [1.29, 1.82) is 5.26 Å². The van der Waals surface area contributed by atoms with Crippen LogP contribution in [0, 0.1) is 16.1 Å². The van der Waals surface area contributed by atoms with Crippen molar-refractivity contribution in [1.82, 2.24) is 9.97 Å². The summed E-state index contributed by atoms with van der Waals surface area (Å²) >= 11 is 4.68. The number of rotatable bonds is 2. The van der Waals surface area contributed by atoms with E-state index >= 15 is 0 Å². The molecule has 19 heavy (non-hydrogen) atoms. The van der Waals surface area contributed by atoms with E-state index in [0.717, 1.165) is 0 Å². The normalized spacial score (nSPS) is 10.5. The van der Waals surface area contributed by atoms with Gasteiger partial charge in [-0.1, -0.05) is 0 Å². The van der Waals surface area contributed by atoms with Crippen LogP contribution in [0.5, 0.6) is 5.88 Å². The van der Waals surface area contributed by atoms with Crippen molar-refractivity contribution in [2.45, 2.75) is 0 Å². The Bertz CT molecular complexity index is 782. The Morgan fingerprint density at radius 2 is 1.89 bits per heavy atom. The predicted molar refractivity (Wildman–Crippen MR) is 69.2 cm³/mol. The first-order valence-corrected chi connectivity index (χ1v) is 5.48. The number of H-pyrrole nitrogens is 2. The Kier molecular flexibility index (Phi) is 3.49. The van der Waals surface area contributed by atoms with Crippen molar-refractivity contribution in [3.63, 3.8) is 0 Å². The van der Waals surface area contributed by atoms with Crippen molar-refractivity contribution in [3.05, 3.63) is 45.0 Å². The first kappa shape index (κ1) is 12.7. The highest BCUT2D eigenvalue weighted by Gasteiger charge is 2.05. The number of hydrogen-bond donors (Lipinski definition) is 3. The fourth-order valence-electron chi connectivity index (χ4n) is 1.27. The average molecular weight is 273 g/mol. The number of hydrogen-bond acceptors (Lipinski definition) is 6. The van der Waals surface area contributed by atoms with E-state index in [0.29, 0.717) is 11.3 Å². The molecule has 8 heteroatoms. The third-order valence-electron chi connectivity index (χ3n) is 2.16. The zero-order valence-corrected chi connectivity index (χ0v) is 10.2. The molecular formula is C11H7N5O2S. The van der Waals surface area contributed by atoms with Crippen LogP contribution in [-0.4, -0.2) is 15.1 Å². The molecule has 1 heterocycles. The molecule has 94 valence electrons. The predicted octanol–water partition coefficient (Wildman–Crippen LogP) is 2.43. The largest absolute Gasteiger partial charge is 0.493 e. The summed E-state index contributed by atoms with van der Waals surface area (Å²) in [6.07, 6.45) is 0. The topological polar surface area (TPSA) is 117 Å². The smallest absolute Gasteiger partial charge is 0.283 e. The number of nitriles is 1. The molecule has 1 aromatic heterocycles. The summed E-state index contributed by atoms with van der Waals surface area (Å²) < 4.78 is -0.000164. The van der Waals surface area contributed by atoms with E-state index in [-0.39, 0.29) is 10.5 Å². The number of aromatic hydroxyl groups is 1. The highest BCUT2D eigenvalue weighted by molar-refractivity contribution is 7.71. The van der Waals surface area contributed by atoms with E-state index < -0.39 is 11.4 Å². The molecule has 0 atom stereocenters. The van der Waals surface area contributed by atoms with Crippen LogP contribution >= 0.6 is 12.2 Å². The summed E-state index contributed by atoms with van der Waals surface area (Å²) in [5.41, 5.74) is 0.0280. The van der Waals surface area contributed by atoms with Gasteiger partial charge in [0.25, 0.3) is 5.56 Å². The highest BCUT2D eigenvalue weighted by atomic mass is 32.1. The van der Waals surface area contributed by atoms with Crippen LogP contribution in [0.3, 0.4) is 0 Å². The number of aromatic nitrogens is 2. The molecule has 0 unspecified atom stereocenters. The van der Waals surface area contributed by atoms with Gasteiger partial charge < -0.3 is 10.1 Å². The van der Waals surface area contributed by atoms with Crippen molar-refractivity contribution in [2.24, 2.45) is 10.2 Å². The first-order valence-electron chi connectivity index (χ1n) is 5.07. The maximum Gasteiger partial charge on any atom is 0.283 e. The lowest BCUT2D eigenvalue weighted by Crippen LogP contribution is -2.06. The summed E-state index contributed by atoms with van der Waals surface area (Å²) in [4.78, 5) is 16.1. The average Bonchev–Trinajstić information content (AvgIpc) is 2.38. The summed E-state index contributed by atoms with van der Waals surface area (Å²) in [5.74, 6) is -0.453. The number of benzene rings is 1. The number of nitrogens with zero attached hydrogens (tertiary/aromatic N) is 3. The third-order valence-corrected chi connectivity index (χ3v) is 2.36. The molecule has 7 nitrogen and oxygen atoms in total. The van der Waals surface area contributed by atoms with Crippen LogP contribution in [0.15, 0.2) is 39.3 Å².